The van der Waals surface area contributed by atoms with Crippen molar-refractivity contribution < 1.29 is 0 Å². The number of aromatic nitrogens is 4. The average molecular weight is 321 g/mol. The number of fused-ring (bicyclic) bond motifs is 1. The molecular formula is C13H15N5OS2. The van der Waals surface area contributed by atoms with Gasteiger partial charge >= 0.3 is 0 Å². The first kappa shape index (κ1) is 14.2. The molecular weight excluding hydrogens is 306 g/mol. The minimum Gasteiger partial charge on any atom is -0.342 e. The SMILES string of the molecule is CC(C)c1nsc(N(C)Cc2nc3ccsc3c(=O)[nH]2)n1. The van der Waals surface area contributed by atoms with E-state index in [0.29, 0.717) is 23.0 Å². The van der Waals surface area contributed by atoms with Crippen LogP contribution in [0.3, 0.4) is 0 Å². The summed E-state index contributed by atoms with van der Waals surface area (Å²) in [4.78, 5) is 25.7. The first-order valence-corrected chi connectivity index (χ1v) is 8.21. The molecule has 3 aromatic rings. The van der Waals surface area contributed by atoms with E-state index in [9.17, 15) is 4.79 Å². The number of nitrogens with one attached hydrogen (secondary N) is 1. The standard InChI is InChI=1S/C13H15N5OS2/c1-7(2)11-16-13(21-17-11)18(3)6-9-14-8-4-5-20-10(8)12(19)15-9/h4-5,7H,6H2,1-3H3,(H,14,15,19). The molecule has 0 aromatic carbocycles. The van der Waals surface area contributed by atoms with Crippen LogP contribution in [0.25, 0.3) is 10.2 Å². The predicted octanol–water partition coefficient (Wildman–Crippen LogP) is 2.60. The van der Waals surface area contributed by atoms with Crippen molar-refractivity contribution in [2.45, 2.75) is 26.3 Å². The van der Waals surface area contributed by atoms with Crippen LogP contribution >= 0.6 is 22.9 Å². The third kappa shape index (κ3) is 2.81. The lowest BCUT2D eigenvalue weighted by atomic mass is 10.2. The molecule has 0 fully saturated rings. The topological polar surface area (TPSA) is 74.8 Å². The van der Waals surface area contributed by atoms with Crippen LogP contribution in [0.2, 0.25) is 0 Å². The van der Waals surface area contributed by atoms with Gasteiger partial charge in [0, 0.05) is 24.5 Å². The van der Waals surface area contributed by atoms with Gasteiger partial charge < -0.3 is 9.88 Å². The molecule has 0 bridgehead atoms. The van der Waals surface area contributed by atoms with Crippen LogP contribution < -0.4 is 10.5 Å². The fourth-order valence-electron chi connectivity index (χ4n) is 1.90. The Labute approximate surface area is 129 Å². The van der Waals surface area contributed by atoms with E-state index in [1.165, 1.54) is 22.9 Å². The zero-order chi connectivity index (χ0) is 15.0. The van der Waals surface area contributed by atoms with Gasteiger partial charge in [0.2, 0.25) is 5.13 Å². The van der Waals surface area contributed by atoms with E-state index in [1.54, 1.807) is 0 Å². The zero-order valence-electron chi connectivity index (χ0n) is 12.0. The van der Waals surface area contributed by atoms with Crippen molar-refractivity contribution in [2.24, 2.45) is 0 Å². The van der Waals surface area contributed by atoms with Gasteiger partial charge in [0.1, 0.15) is 16.3 Å². The van der Waals surface area contributed by atoms with Gasteiger partial charge in [0.25, 0.3) is 5.56 Å². The summed E-state index contributed by atoms with van der Waals surface area (Å²) in [6, 6.07) is 1.86. The Hall–Kier alpha value is -1.80. The second-order valence-electron chi connectivity index (χ2n) is 5.09. The van der Waals surface area contributed by atoms with Gasteiger partial charge in [-0.05, 0) is 11.4 Å². The van der Waals surface area contributed by atoms with Gasteiger partial charge in [-0.25, -0.2) is 9.97 Å². The van der Waals surface area contributed by atoms with Crippen molar-refractivity contribution in [2.75, 3.05) is 11.9 Å². The van der Waals surface area contributed by atoms with Crippen molar-refractivity contribution >= 4 is 38.2 Å². The molecule has 1 N–H and O–H groups in total. The monoisotopic (exact) mass is 321 g/mol. The van der Waals surface area contributed by atoms with Gasteiger partial charge in [-0.1, -0.05) is 13.8 Å². The number of rotatable bonds is 4. The van der Waals surface area contributed by atoms with Crippen LogP contribution in [0.5, 0.6) is 0 Å². The summed E-state index contributed by atoms with van der Waals surface area (Å²) >= 11 is 2.77. The molecule has 0 saturated heterocycles. The molecule has 0 saturated carbocycles. The highest BCUT2D eigenvalue weighted by atomic mass is 32.1. The molecule has 0 aliphatic heterocycles. The number of hydrogen-bond donors (Lipinski definition) is 1. The third-order valence-electron chi connectivity index (χ3n) is 3.02. The normalized spacial score (nSPS) is 11.4. The van der Waals surface area contributed by atoms with Crippen LogP contribution in [-0.2, 0) is 6.54 Å². The maximum absolute atomic E-state index is 11.9. The summed E-state index contributed by atoms with van der Waals surface area (Å²) in [5.74, 6) is 1.79. The molecule has 0 aliphatic carbocycles. The number of aromatic amines is 1. The fourth-order valence-corrected chi connectivity index (χ4v) is 3.40. The molecule has 0 radical (unpaired) electrons. The summed E-state index contributed by atoms with van der Waals surface area (Å²) in [6.45, 7) is 4.62. The van der Waals surface area contributed by atoms with Crippen molar-refractivity contribution in [3.8, 4) is 0 Å². The summed E-state index contributed by atoms with van der Waals surface area (Å²) in [5.41, 5.74) is 0.658. The van der Waals surface area contributed by atoms with E-state index in [1.807, 2.05) is 23.4 Å². The molecule has 0 atom stereocenters. The van der Waals surface area contributed by atoms with E-state index in [2.05, 4.69) is 33.2 Å². The summed E-state index contributed by atoms with van der Waals surface area (Å²) < 4.78 is 5.00. The maximum atomic E-state index is 11.9. The Morgan fingerprint density at radius 2 is 2.19 bits per heavy atom. The Kier molecular flexibility index (Phi) is 3.73. The van der Waals surface area contributed by atoms with Crippen LogP contribution in [0.1, 0.15) is 31.4 Å². The Morgan fingerprint density at radius 1 is 1.38 bits per heavy atom. The van der Waals surface area contributed by atoms with Crippen molar-refractivity contribution in [3.63, 3.8) is 0 Å². The molecule has 0 amide bonds. The summed E-state index contributed by atoms with van der Waals surface area (Å²) in [5, 5.41) is 2.70. The summed E-state index contributed by atoms with van der Waals surface area (Å²) in [6.07, 6.45) is 0. The highest BCUT2D eigenvalue weighted by molar-refractivity contribution is 7.17. The lowest BCUT2D eigenvalue weighted by Gasteiger charge is -2.14. The Balaban J connectivity index is 1.84. The van der Waals surface area contributed by atoms with E-state index in [0.717, 1.165) is 16.5 Å². The second-order valence-corrected chi connectivity index (χ2v) is 6.74. The minimum atomic E-state index is -0.0847. The lowest BCUT2D eigenvalue weighted by molar-refractivity contribution is 0.785. The van der Waals surface area contributed by atoms with Crippen molar-refractivity contribution in [3.05, 3.63) is 33.4 Å². The van der Waals surface area contributed by atoms with Crippen LogP contribution in [0.15, 0.2) is 16.2 Å². The lowest BCUT2D eigenvalue weighted by Crippen LogP contribution is -2.21. The maximum Gasteiger partial charge on any atom is 0.268 e. The largest absolute Gasteiger partial charge is 0.342 e. The second kappa shape index (κ2) is 5.53. The highest BCUT2D eigenvalue weighted by Crippen LogP contribution is 2.21. The van der Waals surface area contributed by atoms with Crippen LogP contribution in [-0.4, -0.2) is 26.4 Å². The molecule has 0 spiro atoms. The van der Waals surface area contributed by atoms with Crippen LogP contribution in [0, 0.1) is 0 Å². The summed E-state index contributed by atoms with van der Waals surface area (Å²) in [7, 11) is 1.92. The third-order valence-corrected chi connectivity index (χ3v) is 4.77. The number of thiophene rings is 1. The quantitative estimate of drug-likeness (QED) is 0.799. The number of nitrogens with zero attached hydrogens (tertiary/aromatic N) is 4. The molecule has 3 rings (SSSR count). The molecule has 0 unspecified atom stereocenters. The molecule has 0 aliphatic rings. The Morgan fingerprint density at radius 3 is 2.90 bits per heavy atom. The van der Waals surface area contributed by atoms with Gasteiger partial charge in [-0.3, -0.25) is 4.79 Å². The van der Waals surface area contributed by atoms with Gasteiger partial charge in [-0.2, -0.15) is 4.37 Å². The zero-order valence-corrected chi connectivity index (χ0v) is 13.6. The molecule has 21 heavy (non-hydrogen) atoms. The van der Waals surface area contributed by atoms with Gasteiger partial charge in [-0.15, -0.1) is 11.3 Å². The van der Waals surface area contributed by atoms with Crippen LogP contribution in [0.4, 0.5) is 5.13 Å². The number of H-pyrrole nitrogens is 1. The van der Waals surface area contributed by atoms with Gasteiger partial charge in [0.15, 0.2) is 0 Å². The van der Waals surface area contributed by atoms with E-state index >= 15 is 0 Å². The van der Waals surface area contributed by atoms with Crippen molar-refractivity contribution in [1.82, 2.24) is 19.3 Å². The molecule has 3 aromatic heterocycles. The van der Waals surface area contributed by atoms with E-state index < -0.39 is 0 Å². The van der Waals surface area contributed by atoms with Crippen molar-refractivity contribution in [1.29, 1.82) is 0 Å². The Bertz CT molecular complexity index is 819. The smallest absolute Gasteiger partial charge is 0.268 e. The average Bonchev–Trinajstić information content (AvgIpc) is 3.07. The molecule has 110 valence electrons. The number of hydrogen-bond acceptors (Lipinski definition) is 7. The highest BCUT2D eigenvalue weighted by Gasteiger charge is 2.13. The molecule has 3 heterocycles. The number of anilines is 1. The fraction of sp³-hybridized carbons (Fsp3) is 0.385. The van der Waals surface area contributed by atoms with E-state index in [4.69, 9.17) is 0 Å². The minimum absolute atomic E-state index is 0.0847. The van der Waals surface area contributed by atoms with E-state index in [-0.39, 0.29) is 5.56 Å². The first-order chi connectivity index (χ1) is 10.0. The van der Waals surface area contributed by atoms with Gasteiger partial charge in [0.05, 0.1) is 12.1 Å². The first-order valence-electron chi connectivity index (χ1n) is 6.55. The molecule has 6 nitrogen and oxygen atoms in total. The molecule has 8 heteroatoms. The predicted molar refractivity (Wildman–Crippen MR) is 86.3 cm³/mol.